The smallest absolute Gasteiger partial charge is 0.106 e. The number of benzene rings is 1. The maximum atomic E-state index is 4.58. The first-order valence-corrected chi connectivity index (χ1v) is 7.16. The van der Waals surface area contributed by atoms with E-state index in [0.29, 0.717) is 0 Å². The average molecular weight is 284 g/mol. The van der Waals surface area contributed by atoms with Crippen LogP contribution in [0, 0.1) is 6.92 Å². The molecule has 1 N–H and O–H groups in total. The summed E-state index contributed by atoms with van der Waals surface area (Å²) in [4.78, 5) is 6.17. The Morgan fingerprint density at radius 1 is 1.29 bits per heavy atom. The van der Waals surface area contributed by atoms with Crippen molar-refractivity contribution in [1.82, 2.24) is 29.9 Å². The minimum absolute atomic E-state index is 0.189. The van der Waals surface area contributed by atoms with E-state index in [1.54, 1.807) is 11.0 Å². The highest BCUT2D eigenvalue weighted by molar-refractivity contribution is 5.75. The van der Waals surface area contributed by atoms with Crippen LogP contribution in [-0.2, 0) is 13.6 Å². The van der Waals surface area contributed by atoms with Crippen LogP contribution in [0.25, 0.3) is 11.0 Å². The molecule has 21 heavy (non-hydrogen) atoms. The second-order valence-corrected chi connectivity index (χ2v) is 5.23. The number of nitrogens with one attached hydrogen (secondary N) is 1. The molecule has 0 bridgehead atoms. The molecule has 6 nitrogen and oxygen atoms in total. The van der Waals surface area contributed by atoms with Gasteiger partial charge in [-0.05, 0) is 26.0 Å². The van der Waals surface area contributed by atoms with E-state index in [1.807, 2.05) is 20.0 Å². The molecule has 1 atom stereocenters. The lowest BCUT2D eigenvalue weighted by Gasteiger charge is -2.12. The van der Waals surface area contributed by atoms with E-state index in [2.05, 4.69) is 50.2 Å². The number of aromatic nitrogens is 5. The average Bonchev–Trinajstić information content (AvgIpc) is 3.03. The molecule has 0 aliphatic carbocycles. The molecule has 3 aromatic rings. The second kappa shape index (κ2) is 5.65. The minimum Gasteiger partial charge on any atom is -0.327 e. The molecule has 0 radical (unpaired) electrons. The molecule has 2 aromatic heterocycles. The quantitative estimate of drug-likeness (QED) is 0.776. The van der Waals surface area contributed by atoms with Crippen LogP contribution in [0.1, 0.15) is 24.5 Å². The van der Waals surface area contributed by atoms with Gasteiger partial charge in [-0.2, -0.15) is 15.0 Å². The molecular formula is C15H20N6. The molecule has 0 aliphatic rings. The van der Waals surface area contributed by atoms with E-state index in [0.717, 1.165) is 30.1 Å². The summed E-state index contributed by atoms with van der Waals surface area (Å²) >= 11 is 0. The van der Waals surface area contributed by atoms with Crippen LogP contribution in [0.5, 0.6) is 0 Å². The van der Waals surface area contributed by atoms with Crippen molar-refractivity contribution in [2.45, 2.75) is 26.4 Å². The van der Waals surface area contributed by atoms with Crippen LogP contribution in [0.3, 0.4) is 0 Å². The molecule has 0 amide bonds. The predicted molar refractivity (Wildman–Crippen MR) is 81.9 cm³/mol. The van der Waals surface area contributed by atoms with Gasteiger partial charge in [-0.3, -0.25) is 0 Å². The molecule has 0 saturated carbocycles. The SMILES string of the molecule is Cc1nc2ccccc2n1CCNC(C)c1cnn(C)n1. The molecule has 0 spiro atoms. The summed E-state index contributed by atoms with van der Waals surface area (Å²) in [6.45, 7) is 5.89. The Kier molecular flexibility index (Phi) is 3.70. The van der Waals surface area contributed by atoms with Crippen molar-refractivity contribution in [3.63, 3.8) is 0 Å². The molecule has 6 heteroatoms. The van der Waals surface area contributed by atoms with Gasteiger partial charge in [0.25, 0.3) is 0 Å². The van der Waals surface area contributed by atoms with Crippen LogP contribution < -0.4 is 5.32 Å². The Hall–Kier alpha value is -2.21. The molecule has 110 valence electrons. The largest absolute Gasteiger partial charge is 0.327 e. The first-order chi connectivity index (χ1) is 10.1. The van der Waals surface area contributed by atoms with Gasteiger partial charge >= 0.3 is 0 Å². The van der Waals surface area contributed by atoms with Crippen LogP contribution in [-0.4, -0.2) is 31.1 Å². The van der Waals surface area contributed by atoms with Gasteiger partial charge in [0.2, 0.25) is 0 Å². The first-order valence-electron chi connectivity index (χ1n) is 7.16. The summed E-state index contributed by atoms with van der Waals surface area (Å²) in [5.74, 6) is 1.05. The highest BCUT2D eigenvalue weighted by atomic mass is 15.4. The van der Waals surface area contributed by atoms with Crippen LogP contribution >= 0.6 is 0 Å². The summed E-state index contributed by atoms with van der Waals surface area (Å²) in [5, 5.41) is 11.9. The molecule has 0 fully saturated rings. The summed E-state index contributed by atoms with van der Waals surface area (Å²) in [6.07, 6.45) is 1.80. The second-order valence-electron chi connectivity index (χ2n) is 5.23. The van der Waals surface area contributed by atoms with Crippen molar-refractivity contribution in [3.8, 4) is 0 Å². The third-order valence-electron chi connectivity index (χ3n) is 3.69. The lowest BCUT2D eigenvalue weighted by molar-refractivity contribution is 0.515. The normalized spacial score (nSPS) is 12.9. The predicted octanol–water partition coefficient (Wildman–Crippen LogP) is 1.82. The maximum absolute atomic E-state index is 4.58. The van der Waals surface area contributed by atoms with Crippen LogP contribution in [0.2, 0.25) is 0 Å². The molecule has 3 rings (SSSR count). The molecule has 1 unspecified atom stereocenters. The fraction of sp³-hybridized carbons (Fsp3) is 0.400. The number of rotatable bonds is 5. The minimum atomic E-state index is 0.189. The zero-order valence-corrected chi connectivity index (χ0v) is 12.6. The summed E-state index contributed by atoms with van der Waals surface area (Å²) in [7, 11) is 1.83. The van der Waals surface area contributed by atoms with E-state index in [9.17, 15) is 0 Å². The highest BCUT2D eigenvalue weighted by Crippen LogP contribution is 2.15. The van der Waals surface area contributed by atoms with E-state index >= 15 is 0 Å². The fourth-order valence-electron chi connectivity index (χ4n) is 2.54. The molecule has 2 heterocycles. The maximum Gasteiger partial charge on any atom is 0.106 e. The van der Waals surface area contributed by atoms with Gasteiger partial charge in [0.1, 0.15) is 5.82 Å². The Morgan fingerprint density at radius 2 is 2.10 bits per heavy atom. The summed E-state index contributed by atoms with van der Waals surface area (Å²) in [5.41, 5.74) is 3.20. The van der Waals surface area contributed by atoms with Gasteiger partial charge in [-0.15, -0.1) is 0 Å². The van der Waals surface area contributed by atoms with Gasteiger partial charge in [-0.1, -0.05) is 12.1 Å². The summed E-state index contributed by atoms with van der Waals surface area (Å²) in [6, 6.07) is 8.42. The third-order valence-corrected chi connectivity index (χ3v) is 3.69. The van der Waals surface area contributed by atoms with Crippen molar-refractivity contribution in [3.05, 3.63) is 42.0 Å². The Morgan fingerprint density at radius 3 is 2.86 bits per heavy atom. The van der Waals surface area contributed by atoms with Crippen molar-refractivity contribution >= 4 is 11.0 Å². The molecule has 0 saturated heterocycles. The number of imidazole rings is 1. The van der Waals surface area contributed by atoms with Crippen LogP contribution in [0.4, 0.5) is 0 Å². The number of hydrogen-bond donors (Lipinski definition) is 1. The number of aryl methyl sites for hydroxylation is 2. The van der Waals surface area contributed by atoms with E-state index < -0.39 is 0 Å². The Labute approximate surface area is 123 Å². The monoisotopic (exact) mass is 284 g/mol. The van der Waals surface area contributed by atoms with Crippen molar-refractivity contribution < 1.29 is 0 Å². The van der Waals surface area contributed by atoms with Crippen molar-refractivity contribution in [2.24, 2.45) is 7.05 Å². The number of fused-ring (bicyclic) bond motifs is 1. The van der Waals surface area contributed by atoms with Gasteiger partial charge < -0.3 is 9.88 Å². The zero-order chi connectivity index (χ0) is 14.8. The van der Waals surface area contributed by atoms with Crippen LogP contribution in [0.15, 0.2) is 30.5 Å². The molecule has 0 aliphatic heterocycles. The standard InChI is InChI=1S/C15H20N6/c1-11(14-10-17-20(3)19-14)16-8-9-21-12(2)18-13-6-4-5-7-15(13)21/h4-7,10-11,16H,8-9H2,1-3H3. The molecule has 1 aromatic carbocycles. The first kappa shape index (κ1) is 13.8. The fourth-order valence-corrected chi connectivity index (χ4v) is 2.54. The Balaban J connectivity index is 1.65. The lowest BCUT2D eigenvalue weighted by atomic mass is 10.2. The summed E-state index contributed by atoms with van der Waals surface area (Å²) < 4.78 is 2.24. The topological polar surface area (TPSA) is 60.6 Å². The molecular weight excluding hydrogens is 264 g/mol. The van der Waals surface area contributed by atoms with Crippen molar-refractivity contribution in [2.75, 3.05) is 6.54 Å². The number of para-hydroxylation sites is 2. The van der Waals surface area contributed by atoms with Gasteiger partial charge in [0.05, 0.1) is 29.0 Å². The number of nitrogens with zero attached hydrogens (tertiary/aromatic N) is 5. The van der Waals surface area contributed by atoms with Gasteiger partial charge in [0.15, 0.2) is 0 Å². The van der Waals surface area contributed by atoms with E-state index in [4.69, 9.17) is 0 Å². The highest BCUT2D eigenvalue weighted by Gasteiger charge is 2.10. The van der Waals surface area contributed by atoms with E-state index in [-0.39, 0.29) is 6.04 Å². The lowest BCUT2D eigenvalue weighted by Crippen LogP contribution is -2.24. The number of hydrogen-bond acceptors (Lipinski definition) is 4. The van der Waals surface area contributed by atoms with Gasteiger partial charge in [0, 0.05) is 20.1 Å². The third kappa shape index (κ3) is 2.80. The van der Waals surface area contributed by atoms with Gasteiger partial charge in [-0.25, -0.2) is 4.98 Å². The Bertz CT molecular complexity index is 742. The zero-order valence-electron chi connectivity index (χ0n) is 12.6. The van der Waals surface area contributed by atoms with E-state index in [1.165, 1.54) is 5.52 Å². The van der Waals surface area contributed by atoms with Crippen molar-refractivity contribution in [1.29, 1.82) is 0 Å².